The lowest BCUT2D eigenvalue weighted by Gasteiger charge is -2.34. The minimum absolute atomic E-state index is 0.0471. The van der Waals surface area contributed by atoms with Gasteiger partial charge in [-0.05, 0) is 43.5 Å². The number of hydrogen-bond donors (Lipinski definition) is 1. The Hall–Kier alpha value is -2.70. The van der Waals surface area contributed by atoms with Gasteiger partial charge in [-0.25, -0.2) is 4.39 Å². The number of hydrogen-bond acceptors (Lipinski definition) is 5. The first-order valence-corrected chi connectivity index (χ1v) is 9.53. The summed E-state index contributed by atoms with van der Waals surface area (Å²) in [7, 11) is 0. The maximum atomic E-state index is 14.0. The lowest BCUT2D eigenvalue weighted by molar-refractivity contribution is -0.135. The van der Waals surface area contributed by atoms with Crippen LogP contribution in [0.3, 0.4) is 0 Å². The summed E-state index contributed by atoms with van der Waals surface area (Å²) >= 11 is 0. The molecule has 6 nitrogen and oxygen atoms in total. The summed E-state index contributed by atoms with van der Waals surface area (Å²) in [6, 6.07) is 10.9. The third-order valence-corrected chi connectivity index (χ3v) is 5.46. The first-order chi connectivity index (χ1) is 13.2. The van der Waals surface area contributed by atoms with Gasteiger partial charge in [-0.1, -0.05) is 12.1 Å². The zero-order chi connectivity index (χ0) is 18.6. The summed E-state index contributed by atoms with van der Waals surface area (Å²) in [5, 5.41) is 11.3. The number of anilines is 2. The highest BCUT2D eigenvalue weighted by molar-refractivity contribution is 5.80. The standard InChI is InChI=1S/C20H24FN5O/c21-17-4-1-2-5-18(17)26-11-7-15(14-26)20(27)25-12-8-16(9-13-25)23-19-6-3-10-22-24-19/h1-6,10,15-16H,7-9,11-14H2,(H,23,24). The molecule has 2 aromatic rings. The van der Waals surface area contributed by atoms with E-state index in [1.807, 2.05) is 28.0 Å². The zero-order valence-electron chi connectivity index (χ0n) is 15.2. The summed E-state index contributed by atoms with van der Waals surface area (Å²) in [6.45, 7) is 2.81. The molecular formula is C20H24FN5O. The first kappa shape index (κ1) is 17.7. The van der Waals surface area contributed by atoms with Gasteiger partial charge in [-0.15, -0.1) is 5.10 Å². The van der Waals surface area contributed by atoms with Crippen molar-refractivity contribution in [3.8, 4) is 0 Å². The topological polar surface area (TPSA) is 61.4 Å². The van der Waals surface area contributed by atoms with Gasteiger partial charge in [-0.3, -0.25) is 4.79 Å². The van der Waals surface area contributed by atoms with Crippen molar-refractivity contribution in [2.75, 3.05) is 36.4 Å². The van der Waals surface area contributed by atoms with Crippen LogP contribution in [0.5, 0.6) is 0 Å². The number of benzene rings is 1. The third-order valence-electron chi connectivity index (χ3n) is 5.46. The van der Waals surface area contributed by atoms with Crippen LogP contribution in [0.4, 0.5) is 15.9 Å². The van der Waals surface area contributed by atoms with Crippen molar-refractivity contribution in [1.82, 2.24) is 15.1 Å². The molecule has 1 aromatic carbocycles. The number of halogens is 1. The van der Waals surface area contributed by atoms with E-state index in [1.165, 1.54) is 6.07 Å². The number of piperidine rings is 1. The van der Waals surface area contributed by atoms with Gasteiger partial charge in [0, 0.05) is 38.4 Å². The second kappa shape index (κ2) is 7.90. The van der Waals surface area contributed by atoms with Crippen molar-refractivity contribution < 1.29 is 9.18 Å². The van der Waals surface area contributed by atoms with Crippen LogP contribution in [0.25, 0.3) is 0 Å². The molecule has 1 aromatic heterocycles. The maximum Gasteiger partial charge on any atom is 0.227 e. The summed E-state index contributed by atoms with van der Waals surface area (Å²) < 4.78 is 14.0. The van der Waals surface area contributed by atoms with Crippen LogP contribution in [-0.4, -0.2) is 53.2 Å². The van der Waals surface area contributed by atoms with Crippen molar-refractivity contribution in [3.63, 3.8) is 0 Å². The van der Waals surface area contributed by atoms with E-state index >= 15 is 0 Å². The van der Waals surface area contributed by atoms with Crippen LogP contribution >= 0.6 is 0 Å². The molecule has 0 aliphatic carbocycles. The first-order valence-electron chi connectivity index (χ1n) is 9.53. The Kier molecular flexibility index (Phi) is 5.18. The molecule has 1 atom stereocenters. The van der Waals surface area contributed by atoms with E-state index in [0.29, 0.717) is 18.3 Å². The highest BCUT2D eigenvalue weighted by Gasteiger charge is 2.33. The van der Waals surface area contributed by atoms with E-state index < -0.39 is 0 Å². The van der Waals surface area contributed by atoms with Gasteiger partial charge in [0.2, 0.25) is 5.91 Å². The quantitative estimate of drug-likeness (QED) is 0.897. The maximum absolute atomic E-state index is 14.0. The van der Waals surface area contributed by atoms with E-state index in [-0.39, 0.29) is 17.6 Å². The Morgan fingerprint density at radius 3 is 2.63 bits per heavy atom. The fourth-order valence-electron chi connectivity index (χ4n) is 3.98. The molecule has 0 saturated carbocycles. The monoisotopic (exact) mass is 369 g/mol. The number of likely N-dealkylation sites (tertiary alicyclic amines) is 1. The normalized spacial score (nSPS) is 20.7. The number of para-hydroxylation sites is 1. The Bertz CT molecular complexity index is 779. The van der Waals surface area contributed by atoms with Gasteiger partial charge in [0.25, 0.3) is 0 Å². The average molecular weight is 369 g/mol. The van der Waals surface area contributed by atoms with Gasteiger partial charge >= 0.3 is 0 Å². The van der Waals surface area contributed by atoms with Gasteiger partial charge < -0.3 is 15.1 Å². The molecule has 1 amide bonds. The average Bonchev–Trinajstić information content (AvgIpc) is 3.19. The number of rotatable bonds is 4. The fraction of sp³-hybridized carbons (Fsp3) is 0.450. The van der Waals surface area contributed by atoms with E-state index in [9.17, 15) is 9.18 Å². The van der Waals surface area contributed by atoms with Crippen molar-refractivity contribution in [3.05, 3.63) is 48.4 Å². The summed E-state index contributed by atoms with van der Waals surface area (Å²) in [6.07, 6.45) is 4.22. The molecule has 1 unspecified atom stereocenters. The molecule has 3 heterocycles. The van der Waals surface area contributed by atoms with Crippen LogP contribution < -0.4 is 10.2 Å². The third kappa shape index (κ3) is 4.02. The van der Waals surface area contributed by atoms with Crippen LogP contribution in [0.1, 0.15) is 19.3 Å². The SMILES string of the molecule is O=C(C1CCN(c2ccccc2F)C1)N1CCC(Nc2cccnn2)CC1. The van der Waals surface area contributed by atoms with Crippen molar-refractivity contribution in [2.24, 2.45) is 5.92 Å². The molecular weight excluding hydrogens is 345 g/mol. The van der Waals surface area contributed by atoms with Gasteiger partial charge in [0.05, 0.1) is 11.6 Å². The lowest BCUT2D eigenvalue weighted by atomic mass is 10.0. The molecule has 0 bridgehead atoms. The number of nitrogens with zero attached hydrogens (tertiary/aromatic N) is 4. The summed E-state index contributed by atoms with van der Waals surface area (Å²) in [4.78, 5) is 16.8. The molecule has 0 radical (unpaired) electrons. The number of aromatic nitrogens is 2. The Morgan fingerprint density at radius 1 is 1.07 bits per heavy atom. The van der Waals surface area contributed by atoms with Crippen molar-refractivity contribution in [2.45, 2.75) is 25.3 Å². The Morgan fingerprint density at radius 2 is 1.89 bits per heavy atom. The molecule has 7 heteroatoms. The second-order valence-corrected chi connectivity index (χ2v) is 7.24. The number of carbonyl (C=O) groups is 1. The smallest absolute Gasteiger partial charge is 0.227 e. The number of nitrogens with one attached hydrogen (secondary N) is 1. The predicted octanol–water partition coefficient (Wildman–Crippen LogP) is 2.55. The second-order valence-electron chi connectivity index (χ2n) is 7.24. The number of carbonyl (C=O) groups excluding carboxylic acids is 1. The van der Waals surface area contributed by atoms with Crippen molar-refractivity contribution >= 4 is 17.4 Å². The van der Waals surface area contributed by atoms with Crippen LogP contribution in [-0.2, 0) is 4.79 Å². The van der Waals surface area contributed by atoms with E-state index in [2.05, 4.69) is 15.5 Å². The Labute approximate surface area is 158 Å². The number of amides is 1. The molecule has 0 spiro atoms. The van der Waals surface area contributed by atoms with Gasteiger partial charge in [0.15, 0.2) is 0 Å². The molecule has 2 aliphatic heterocycles. The molecule has 27 heavy (non-hydrogen) atoms. The van der Waals surface area contributed by atoms with Gasteiger partial charge in [-0.2, -0.15) is 5.10 Å². The fourth-order valence-corrected chi connectivity index (χ4v) is 3.98. The molecule has 1 N–H and O–H groups in total. The lowest BCUT2D eigenvalue weighted by Crippen LogP contribution is -2.45. The van der Waals surface area contributed by atoms with E-state index in [1.54, 1.807) is 18.3 Å². The van der Waals surface area contributed by atoms with Crippen LogP contribution in [0.15, 0.2) is 42.6 Å². The van der Waals surface area contributed by atoms with E-state index in [4.69, 9.17) is 0 Å². The van der Waals surface area contributed by atoms with Crippen LogP contribution in [0, 0.1) is 11.7 Å². The van der Waals surface area contributed by atoms with Gasteiger partial charge in [0.1, 0.15) is 11.6 Å². The zero-order valence-corrected chi connectivity index (χ0v) is 15.2. The highest BCUT2D eigenvalue weighted by atomic mass is 19.1. The Balaban J connectivity index is 1.29. The molecule has 142 valence electrons. The molecule has 2 saturated heterocycles. The molecule has 4 rings (SSSR count). The van der Waals surface area contributed by atoms with Crippen LogP contribution in [0.2, 0.25) is 0 Å². The summed E-state index contributed by atoms with van der Waals surface area (Å²) in [5.74, 6) is 0.709. The largest absolute Gasteiger partial charge is 0.368 e. The minimum atomic E-state index is -0.221. The molecule has 2 aliphatic rings. The minimum Gasteiger partial charge on any atom is -0.368 e. The van der Waals surface area contributed by atoms with Crippen molar-refractivity contribution in [1.29, 1.82) is 0 Å². The van der Waals surface area contributed by atoms with E-state index in [0.717, 1.165) is 44.7 Å². The predicted molar refractivity (Wildman–Crippen MR) is 102 cm³/mol. The highest BCUT2D eigenvalue weighted by Crippen LogP contribution is 2.28. The molecule has 2 fully saturated rings. The summed E-state index contributed by atoms with van der Waals surface area (Å²) in [5.41, 5.74) is 0.597.